The number of ether oxygens (including phenoxy) is 1. The lowest BCUT2D eigenvalue weighted by atomic mass is 10.0. The number of amides is 1. The Morgan fingerprint density at radius 3 is 1.38 bits per heavy atom. The van der Waals surface area contributed by atoms with Gasteiger partial charge in [-0.15, -0.1) is 0 Å². The lowest BCUT2D eigenvalue weighted by Crippen LogP contribution is -2.27. The highest BCUT2D eigenvalue weighted by atomic mass is 31.2. The van der Waals surface area contributed by atoms with E-state index in [0.29, 0.717) is 6.42 Å². The van der Waals surface area contributed by atoms with Crippen molar-refractivity contribution in [3.63, 3.8) is 0 Å². The normalized spacial score (nSPS) is 13.4. The predicted octanol–water partition coefficient (Wildman–Crippen LogP) is 13.2. The summed E-state index contributed by atoms with van der Waals surface area (Å²) in [6.07, 6.45) is 46.9. The van der Waals surface area contributed by atoms with Gasteiger partial charge in [-0.3, -0.25) is 18.6 Å². The van der Waals surface area contributed by atoms with Crippen LogP contribution in [0.1, 0.15) is 226 Å². The van der Waals surface area contributed by atoms with Crippen molar-refractivity contribution < 1.29 is 37.9 Å². The summed E-state index contributed by atoms with van der Waals surface area (Å²) in [6, 6.07) is 0. The molecule has 330 valence electrons. The van der Waals surface area contributed by atoms with Crippen LogP contribution >= 0.6 is 7.82 Å². The second-order valence-corrected chi connectivity index (χ2v) is 17.2. The Labute approximate surface area is 344 Å². The van der Waals surface area contributed by atoms with Crippen molar-refractivity contribution in [3.8, 4) is 0 Å². The summed E-state index contributed by atoms with van der Waals surface area (Å²) >= 11 is 0. The van der Waals surface area contributed by atoms with Gasteiger partial charge in [-0.2, -0.15) is 0 Å². The van der Waals surface area contributed by atoms with E-state index in [1.165, 1.54) is 141 Å². The largest absolute Gasteiger partial charge is 0.472 e. The van der Waals surface area contributed by atoms with Crippen LogP contribution in [-0.4, -0.2) is 54.3 Å². The molecule has 9 nitrogen and oxygen atoms in total. The van der Waals surface area contributed by atoms with Gasteiger partial charge < -0.3 is 20.1 Å². The number of hydrogen-bond donors (Lipinski definition) is 3. The standard InChI is InChI=1S/C46H88NO8P/c1-3-5-7-9-11-13-15-17-18-19-20-21-22-23-24-25-26-27-28-30-32-34-36-38-45(49)47-40-41-54-56(51,52)55-43-44(48)42-53-46(50)39-37-35-33-31-29-16-14-12-10-8-6-4-2/h12,14,17-18,44,48H,3-11,13,15-16,19-43H2,1-2H3,(H,47,49)(H,51,52)/b14-12-,18-17+. The van der Waals surface area contributed by atoms with Gasteiger partial charge in [0.25, 0.3) is 0 Å². The van der Waals surface area contributed by atoms with E-state index in [1.54, 1.807) is 0 Å². The molecule has 10 heteroatoms. The van der Waals surface area contributed by atoms with E-state index in [2.05, 4.69) is 43.5 Å². The highest BCUT2D eigenvalue weighted by Crippen LogP contribution is 2.42. The molecule has 0 aromatic rings. The molecular weight excluding hydrogens is 725 g/mol. The van der Waals surface area contributed by atoms with Crippen molar-refractivity contribution in [2.24, 2.45) is 0 Å². The number of hydrogen-bond acceptors (Lipinski definition) is 7. The molecule has 0 spiro atoms. The second kappa shape index (κ2) is 43.1. The van der Waals surface area contributed by atoms with Gasteiger partial charge in [0.05, 0.1) is 13.2 Å². The molecule has 0 rings (SSSR count). The van der Waals surface area contributed by atoms with Crippen LogP contribution in [0.5, 0.6) is 0 Å². The number of carbonyl (C=O) groups is 2. The van der Waals surface area contributed by atoms with Gasteiger partial charge in [0.2, 0.25) is 5.91 Å². The molecule has 0 saturated heterocycles. The Morgan fingerprint density at radius 2 is 0.911 bits per heavy atom. The second-order valence-electron chi connectivity index (χ2n) is 15.7. The lowest BCUT2D eigenvalue weighted by molar-refractivity contribution is -0.147. The van der Waals surface area contributed by atoms with Gasteiger partial charge in [0.15, 0.2) is 0 Å². The molecule has 2 unspecified atom stereocenters. The minimum atomic E-state index is -4.42. The Hall–Kier alpha value is -1.51. The summed E-state index contributed by atoms with van der Waals surface area (Å²) in [5.41, 5.74) is 0. The van der Waals surface area contributed by atoms with E-state index in [1.807, 2.05) is 0 Å². The number of allylic oxidation sites excluding steroid dienone is 4. The first-order chi connectivity index (χ1) is 27.3. The maximum Gasteiger partial charge on any atom is 0.472 e. The minimum absolute atomic E-state index is 0.0831. The number of esters is 1. The molecule has 0 aliphatic heterocycles. The Kier molecular flexibility index (Phi) is 41.9. The molecule has 1 amide bonds. The maximum absolute atomic E-state index is 12.1. The van der Waals surface area contributed by atoms with Crippen molar-refractivity contribution >= 4 is 19.7 Å². The smallest absolute Gasteiger partial charge is 0.463 e. The van der Waals surface area contributed by atoms with Crippen LogP contribution in [0.2, 0.25) is 0 Å². The van der Waals surface area contributed by atoms with Crippen LogP contribution in [0, 0.1) is 0 Å². The van der Waals surface area contributed by atoms with Crippen LogP contribution in [-0.2, 0) is 27.9 Å². The zero-order chi connectivity index (χ0) is 41.1. The molecule has 2 atom stereocenters. The number of aliphatic hydroxyl groups is 1. The first-order valence-electron chi connectivity index (χ1n) is 23.3. The molecule has 0 radical (unpaired) electrons. The molecule has 0 bridgehead atoms. The Balaban J connectivity index is 3.53. The number of aliphatic hydroxyl groups excluding tert-OH is 1. The van der Waals surface area contributed by atoms with Crippen molar-refractivity contribution in [1.82, 2.24) is 5.32 Å². The number of phosphoric acid groups is 1. The van der Waals surface area contributed by atoms with Crippen LogP contribution in [0.3, 0.4) is 0 Å². The van der Waals surface area contributed by atoms with Crippen molar-refractivity contribution in [1.29, 1.82) is 0 Å². The minimum Gasteiger partial charge on any atom is -0.463 e. The van der Waals surface area contributed by atoms with E-state index in [9.17, 15) is 24.2 Å². The van der Waals surface area contributed by atoms with Crippen LogP contribution in [0.25, 0.3) is 0 Å². The number of nitrogens with one attached hydrogen (secondary N) is 1. The predicted molar refractivity (Wildman–Crippen MR) is 234 cm³/mol. The average Bonchev–Trinajstić information content (AvgIpc) is 3.18. The molecule has 0 aliphatic carbocycles. The van der Waals surface area contributed by atoms with E-state index in [0.717, 1.165) is 57.8 Å². The number of phosphoric ester groups is 1. The van der Waals surface area contributed by atoms with Crippen molar-refractivity contribution in [3.05, 3.63) is 24.3 Å². The number of unbranched alkanes of at least 4 members (excludes halogenated alkanes) is 27. The molecule has 0 aromatic heterocycles. The van der Waals surface area contributed by atoms with Crippen LogP contribution in [0.4, 0.5) is 0 Å². The fourth-order valence-electron chi connectivity index (χ4n) is 6.55. The highest BCUT2D eigenvalue weighted by molar-refractivity contribution is 7.47. The summed E-state index contributed by atoms with van der Waals surface area (Å²) in [5, 5.41) is 12.7. The van der Waals surface area contributed by atoms with Crippen molar-refractivity contribution in [2.45, 2.75) is 232 Å². The summed E-state index contributed by atoms with van der Waals surface area (Å²) in [7, 11) is -4.42. The summed E-state index contributed by atoms with van der Waals surface area (Å²) in [5.74, 6) is -0.520. The first-order valence-corrected chi connectivity index (χ1v) is 24.8. The zero-order valence-corrected chi connectivity index (χ0v) is 37.2. The fraction of sp³-hybridized carbons (Fsp3) is 0.870. The van der Waals surface area contributed by atoms with E-state index < -0.39 is 26.5 Å². The van der Waals surface area contributed by atoms with Gasteiger partial charge >= 0.3 is 13.8 Å². The maximum atomic E-state index is 12.1. The molecule has 0 heterocycles. The Morgan fingerprint density at radius 1 is 0.536 bits per heavy atom. The Bertz CT molecular complexity index is 975. The lowest BCUT2D eigenvalue weighted by Gasteiger charge is -2.15. The molecule has 56 heavy (non-hydrogen) atoms. The number of rotatable bonds is 44. The third kappa shape index (κ3) is 43.6. The third-order valence-electron chi connectivity index (χ3n) is 10.1. The third-order valence-corrected chi connectivity index (χ3v) is 11.1. The van der Waals surface area contributed by atoms with Crippen LogP contribution < -0.4 is 5.32 Å². The SMILES string of the molecule is CCCCC/C=C\CCCCCCCC(=O)OCC(O)COP(=O)(O)OCCNC(=O)CCCCCCCCCCCCCCC/C=C/CCCCCCCC. The first kappa shape index (κ1) is 54.5. The van der Waals surface area contributed by atoms with E-state index in [-0.39, 0.29) is 32.1 Å². The van der Waals surface area contributed by atoms with Gasteiger partial charge in [-0.05, 0) is 64.2 Å². The molecule has 0 aliphatic rings. The molecule has 0 aromatic carbocycles. The van der Waals surface area contributed by atoms with E-state index in [4.69, 9.17) is 13.8 Å². The van der Waals surface area contributed by atoms with E-state index >= 15 is 0 Å². The summed E-state index contributed by atoms with van der Waals surface area (Å²) in [4.78, 5) is 33.9. The van der Waals surface area contributed by atoms with Crippen molar-refractivity contribution in [2.75, 3.05) is 26.4 Å². The molecule has 0 fully saturated rings. The molecule has 3 N–H and O–H groups in total. The monoisotopic (exact) mass is 814 g/mol. The van der Waals surface area contributed by atoms with Gasteiger partial charge in [-0.25, -0.2) is 4.57 Å². The summed E-state index contributed by atoms with van der Waals surface area (Å²) < 4.78 is 26.9. The molecular formula is C46H88NO8P. The molecule has 0 saturated carbocycles. The quantitative estimate of drug-likeness (QED) is 0.0240. The highest BCUT2D eigenvalue weighted by Gasteiger charge is 2.23. The summed E-state index contributed by atoms with van der Waals surface area (Å²) in [6.45, 7) is 3.54. The number of carbonyl (C=O) groups excluding carboxylic acids is 2. The zero-order valence-electron chi connectivity index (χ0n) is 36.3. The van der Waals surface area contributed by atoms with Gasteiger partial charge in [0, 0.05) is 19.4 Å². The fourth-order valence-corrected chi connectivity index (χ4v) is 7.30. The average molecular weight is 814 g/mol. The van der Waals surface area contributed by atoms with Gasteiger partial charge in [0.1, 0.15) is 12.7 Å². The van der Waals surface area contributed by atoms with Gasteiger partial charge in [-0.1, -0.05) is 173 Å². The topological polar surface area (TPSA) is 131 Å². The van der Waals surface area contributed by atoms with Crippen LogP contribution in [0.15, 0.2) is 24.3 Å².